The van der Waals surface area contributed by atoms with Crippen molar-refractivity contribution >= 4 is 23.6 Å². The Labute approximate surface area is 286 Å². The first-order chi connectivity index (χ1) is 23.1. The molecule has 6 N–H and O–H groups in total. The molecular formula is C38H58N4O6. The highest BCUT2D eigenvalue weighted by Crippen LogP contribution is 2.23. The van der Waals surface area contributed by atoms with Gasteiger partial charge in [0.1, 0.15) is 11.5 Å². The second-order valence-corrected chi connectivity index (χ2v) is 12.7. The third kappa shape index (κ3) is 14.0. The molecule has 0 aliphatic rings. The second kappa shape index (κ2) is 22.5. The molecule has 0 bridgehead atoms. The van der Waals surface area contributed by atoms with Crippen molar-refractivity contribution in [1.82, 2.24) is 21.7 Å². The van der Waals surface area contributed by atoms with E-state index in [1.807, 2.05) is 26.0 Å². The topological polar surface area (TPSA) is 157 Å². The Bertz CT molecular complexity index is 1310. The predicted octanol–water partition coefficient (Wildman–Crippen LogP) is 7.18. The van der Waals surface area contributed by atoms with E-state index in [-0.39, 0.29) is 46.3 Å². The van der Waals surface area contributed by atoms with Gasteiger partial charge in [-0.1, -0.05) is 91.2 Å². The minimum atomic E-state index is -0.596. The number of aromatic hydroxyl groups is 2. The van der Waals surface area contributed by atoms with E-state index >= 15 is 0 Å². The van der Waals surface area contributed by atoms with Crippen LogP contribution in [0.15, 0.2) is 36.4 Å². The summed E-state index contributed by atoms with van der Waals surface area (Å²) in [5, 5.41) is 20.8. The molecule has 2 rings (SSSR count). The lowest BCUT2D eigenvalue weighted by Gasteiger charge is -2.19. The van der Waals surface area contributed by atoms with Crippen LogP contribution in [0.3, 0.4) is 0 Å². The highest BCUT2D eigenvalue weighted by molar-refractivity contribution is 5.98. The van der Waals surface area contributed by atoms with Gasteiger partial charge in [0.2, 0.25) is 11.8 Å². The average molecular weight is 667 g/mol. The van der Waals surface area contributed by atoms with E-state index in [9.17, 15) is 29.4 Å². The van der Waals surface area contributed by atoms with E-state index in [1.54, 1.807) is 24.3 Å². The van der Waals surface area contributed by atoms with Gasteiger partial charge in [0.15, 0.2) is 0 Å². The number of phenols is 2. The van der Waals surface area contributed by atoms with E-state index < -0.39 is 11.8 Å². The van der Waals surface area contributed by atoms with E-state index in [1.165, 1.54) is 12.8 Å². The van der Waals surface area contributed by atoms with Crippen LogP contribution in [0.1, 0.15) is 149 Å². The summed E-state index contributed by atoms with van der Waals surface area (Å²) in [5.74, 6) is -2.85. The van der Waals surface area contributed by atoms with Crippen molar-refractivity contribution in [3.05, 3.63) is 58.7 Å². The smallest absolute Gasteiger partial charge is 0.273 e. The van der Waals surface area contributed by atoms with Gasteiger partial charge in [-0.25, -0.2) is 0 Å². The number of rotatable bonds is 21. The summed E-state index contributed by atoms with van der Waals surface area (Å²) >= 11 is 0. The number of nitrogens with one attached hydrogen (secondary N) is 4. The van der Waals surface area contributed by atoms with Gasteiger partial charge in [-0.3, -0.25) is 40.9 Å². The van der Waals surface area contributed by atoms with Crippen LogP contribution >= 0.6 is 0 Å². The number of carbonyl (C=O) groups excluding carboxylic acids is 4. The van der Waals surface area contributed by atoms with Crippen LogP contribution in [0.5, 0.6) is 11.5 Å². The van der Waals surface area contributed by atoms with Crippen LogP contribution in [0.4, 0.5) is 0 Å². The number of hydrogen-bond acceptors (Lipinski definition) is 6. The van der Waals surface area contributed by atoms with Gasteiger partial charge in [-0.2, -0.15) is 0 Å². The molecule has 2 aromatic rings. The third-order valence-electron chi connectivity index (χ3n) is 8.83. The fraction of sp³-hybridized carbons (Fsp3) is 0.579. The lowest BCUT2D eigenvalue weighted by Crippen LogP contribution is -2.45. The number of amides is 4. The summed E-state index contributed by atoms with van der Waals surface area (Å²) in [7, 11) is 0. The molecule has 2 unspecified atom stereocenters. The molecule has 10 nitrogen and oxygen atoms in total. The molecule has 0 aliphatic heterocycles. The predicted molar refractivity (Wildman–Crippen MR) is 189 cm³/mol. The van der Waals surface area contributed by atoms with Gasteiger partial charge in [0.05, 0.1) is 11.1 Å². The summed E-state index contributed by atoms with van der Waals surface area (Å²) in [4.78, 5) is 51.2. The summed E-state index contributed by atoms with van der Waals surface area (Å²) in [6, 6.07) is 9.99. The summed E-state index contributed by atoms with van der Waals surface area (Å²) in [6.45, 7) is 8.17. The number of aryl methyl sites for hydroxylation is 2. The van der Waals surface area contributed by atoms with Gasteiger partial charge in [-0.05, 0) is 86.8 Å². The molecule has 266 valence electrons. The van der Waals surface area contributed by atoms with Crippen molar-refractivity contribution in [1.29, 1.82) is 0 Å². The zero-order valence-corrected chi connectivity index (χ0v) is 29.5. The Kier molecular flexibility index (Phi) is 18.8. The fourth-order valence-corrected chi connectivity index (χ4v) is 5.82. The van der Waals surface area contributed by atoms with Crippen LogP contribution in [0.2, 0.25) is 0 Å². The molecule has 48 heavy (non-hydrogen) atoms. The molecule has 0 heterocycles. The molecule has 2 atom stereocenters. The third-order valence-corrected chi connectivity index (χ3v) is 8.83. The molecule has 4 amide bonds. The van der Waals surface area contributed by atoms with Crippen LogP contribution in [0.25, 0.3) is 0 Å². The number of unbranched alkanes of at least 4 members (excludes halogenated alkanes) is 6. The molecule has 0 aromatic heterocycles. The van der Waals surface area contributed by atoms with Gasteiger partial charge in [0, 0.05) is 11.8 Å². The molecule has 0 saturated heterocycles. The van der Waals surface area contributed by atoms with Crippen LogP contribution in [-0.2, 0) is 22.4 Å². The fourth-order valence-electron chi connectivity index (χ4n) is 5.82. The summed E-state index contributed by atoms with van der Waals surface area (Å²) in [5.41, 5.74) is 11.9. The monoisotopic (exact) mass is 666 g/mol. The molecule has 2 aromatic carbocycles. The van der Waals surface area contributed by atoms with Crippen LogP contribution in [-0.4, -0.2) is 33.8 Å². The number of phenolic OH excluding ortho intramolecular Hbond substituents is 2. The quantitative estimate of drug-likeness (QED) is 0.0612. The molecule has 0 saturated carbocycles. The van der Waals surface area contributed by atoms with E-state index in [0.717, 1.165) is 68.9 Å². The van der Waals surface area contributed by atoms with Crippen molar-refractivity contribution in [2.45, 2.75) is 130 Å². The van der Waals surface area contributed by atoms with Crippen LogP contribution in [0, 0.1) is 11.8 Å². The highest BCUT2D eigenvalue weighted by atomic mass is 16.3. The standard InChI is InChI=1S/C38H58N4O6/c1-5-9-11-13-17-27-21-23-31(33(43)25-27)37(47)41-39-35(45)29(8-4)19-15-20-30(16-7-3)36(46)40-42-38(48)32-24-22-28(26-34(32)44)18-14-12-10-6-2/h21-26,29-30,43-44H,5-20H2,1-4H3,(H,39,45)(H,40,46)(H,41,47)(H,42,48). The number of hydrogen-bond donors (Lipinski definition) is 6. The van der Waals surface area contributed by atoms with Crippen molar-refractivity contribution in [2.75, 3.05) is 0 Å². The minimum absolute atomic E-state index is 0.0891. The first kappa shape index (κ1) is 40.1. The zero-order valence-electron chi connectivity index (χ0n) is 29.5. The Morgan fingerprint density at radius 2 is 1.00 bits per heavy atom. The van der Waals surface area contributed by atoms with Crippen molar-refractivity contribution < 1.29 is 29.4 Å². The molecule has 0 radical (unpaired) electrons. The Balaban J connectivity index is 1.81. The maximum atomic E-state index is 13.0. The summed E-state index contributed by atoms with van der Waals surface area (Å²) < 4.78 is 0. The van der Waals surface area contributed by atoms with Crippen molar-refractivity contribution in [3.63, 3.8) is 0 Å². The van der Waals surface area contributed by atoms with Gasteiger partial charge in [-0.15, -0.1) is 0 Å². The van der Waals surface area contributed by atoms with Crippen molar-refractivity contribution in [3.8, 4) is 11.5 Å². The molecule has 0 spiro atoms. The van der Waals surface area contributed by atoms with E-state index in [0.29, 0.717) is 32.1 Å². The lowest BCUT2D eigenvalue weighted by atomic mass is 9.92. The number of benzene rings is 2. The molecule has 0 fully saturated rings. The average Bonchev–Trinajstić information content (AvgIpc) is 3.07. The van der Waals surface area contributed by atoms with Gasteiger partial charge >= 0.3 is 0 Å². The van der Waals surface area contributed by atoms with Gasteiger partial charge < -0.3 is 10.2 Å². The van der Waals surface area contributed by atoms with E-state index in [4.69, 9.17) is 0 Å². The number of hydrazine groups is 2. The summed E-state index contributed by atoms with van der Waals surface area (Å²) in [6.07, 6.45) is 14.1. The Hall–Kier alpha value is -4.08. The molecule has 0 aliphatic carbocycles. The SMILES string of the molecule is CCCCCCc1ccc(C(=O)NNC(=O)C(CC)CCCC(CCC)C(=O)NNC(=O)c2ccc(CCCCCC)cc2O)c(O)c1. The highest BCUT2D eigenvalue weighted by Gasteiger charge is 2.22. The normalized spacial score (nSPS) is 12.2. The maximum absolute atomic E-state index is 13.0. The minimum Gasteiger partial charge on any atom is -0.507 e. The zero-order chi connectivity index (χ0) is 35.3. The first-order valence-corrected chi connectivity index (χ1v) is 18.0. The lowest BCUT2D eigenvalue weighted by molar-refractivity contribution is -0.126. The second-order valence-electron chi connectivity index (χ2n) is 12.7. The Morgan fingerprint density at radius 3 is 1.42 bits per heavy atom. The largest absolute Gasteiger partial charge is 0.507 e. The molecule has 10 heteroatoms. The van der Waals surface area contributed by atoms with Gasteiger partial charge in [0.25, 0.3) is 11.8 Å². The first-order valence-electron chi connectivity index (χ1n) is 18.0. The van der Waals surface area contributed by atoms with Crippen LogP contribution < -0.4 is 21.7 Å². The molecular weight excluding hydrogens is 608 g/mol. The number of carbonyl (C=O) groups is 4. The maximum Gasteiger partial charge on any atom is 0.273 e. The van der Waals surface area contributed by atoms with E-state index in [2.05, 4.69) is 35.6 Å². The Morgan fingerprint density at radius 1 is 0.542 bits per heavy atom. The van der Waals surface area contributed by atoms with Crippen molar-refractivity contribution in [2.24, 2.45) is 11.8 Å².